The lowest BCUT2D eigenvalue weighted by Gasteiger charge is -2.24. The summed E-state index contributed by atoms with van der Waals surface area (Å²) in [7, 11) is 0. The zero-order valence-electron chi connectivity index (χ0n) is 7.23. The van der Waals surface area contributed by atoms with Crippen LogP contribution < -0.4 is 0 Å². The summed E-state index contributed by atoms with van der Waals surface area (Å²) in [6.07, 6.45) is 1.47. The number of rotatable bonds is 3. The van der Waals surface area contributed by atoms with Crippen molar-refractivity contribution in [2.24, 2.45) is 0 Å². The summed E-state index contributed by atoms with van der Waals surface area (Å²) >= 11 is 0. The molecule has 0 unspecified atom stereocenters. The third-order valence-electron chi connectivity index (χ3n) is 2.31. The molecule has 0 spiro atoms. The highest BCUT2D eigenvalue weighted by Crippen LogP contribution is 2.19. The minimum absolute atomic E-state index is 0.0427. The van der Waals surface area contributed by atoms with Crippen molar-refractivity contribution in [3.05, 3.63) is 0 Å². The first-order chi connectivity index (χ1) is 5.61. The molecular formula is C8H15NO3. The van der Waals surface area contributed by atoms with Crippen LogP contribution in [0, 0.1) is 0 Å². The lowest BCUT2D eigenvalue weighted by atomic mass is 10.1. The Labute approximate surface area is 71.8 Å². The van der Waals surface area contributed by atoms with Gasteiger partial charge in [-0.15, -0.1) is 0 Å². The number of likely N-dealkylation sites (tertiary alicyclic amines) is 1. The van der Waals surface area contributed by atoms with Crippen LogP contribution in [0.5, 0.6) is 0 Å². The molecule has 0 aromatic carbocycles. The fraction of sp³-hybridized carbons (Fsp3) is 0.875. The van der Waals surface area contributed by atoms with Crippen molar-refractivity contribution in [1.82, 2.24) is 4.90 Å². The number of nitrogens with zero attached hydrogens (tertiary/aromatic N) is 1. The van der Waals surface area contributed by atoms with Crippen molar-refractivity contribution in [3.8, 4) is 0 Å². The van der Waals surface area contributed by atoms with Crippen molar-refractivity contribution >= 4 is 5.97 Å². The van der Waals surface area contributed by atoms with Gasteiger partial charge in [0.2, 0.25) is 0 Å². The van der Waals surface area contributed by atoms with Crippen LogP contribution in [-0.2, 0) is 4.79 Å². The molecule has 0 radical (unpaired) electrons. The quantitative estimate of drug-likeness (QED) is 0.626. The summed E-state index contributed by atoms with van der Waals surface area (Å²) in [6.45, 7) is 2.56. The van der Waals surface area contributed by atoms with E-state index in [0.29, 0.717) is 0 Å². The molecule has 0 saturated carbocycles. The molecule has 1 rings (SSSR count). The molecular weight excluding hydrogens is 158 g/mol. The second-order valence-corrected chi connectivity index (χ2v) is 3.31. The van der Waals surface area contributed by atoms with E-state index in [0.717, 1.165) is 19.4 Å². The van der Waals surface area contributed by atoms with E-state index in [4.69, 9.17) is 5.11 Å². The SMILES string of the molecule is C[C@@H](O)[C@@H]1CCCN1CC(=O)O. The zero-order valence-corrected chi connectivity index (χ0v) is 7.23. The van der Waals surface area contributed by atoms with E-state index in [2.05, 4.69) is 0 Å². The number of aliphatic hydroxyl groups is 1. The Bertz CT molecular complexity index is 170. The Hall–Kier alpha value is -0.610. The minimum Gasteiger partial charge on any atom is -0.480 e. The smallest absolute Gasteiger partial charge is 0.317 e. The van der Waals surface area contributed by atoms with E-state index in [1.807, 2.05) is 4.90 Å². The van der Waals surface area contributed by atoms with Crippen LogP contribution in [0.3, 0.4) is 0 Å². The first-order valence-electron chi connectivity index (χ1n) is 4.25. The van der Waals surface area contributed by atoms with E-state index in [9.17, 15) is 9.90 Å². The first-order valence-corrected chi connectivity index (χ1v) is 4.25. The van der Waals surface area contributed by atoms with Gasteiger partial charge in [-0.05, 0) is 26.3 Å². The van der Waals surface area contributed by atoms with Crippen LogP contribution in [0.25, 0.3) is 0 Å². The van der Waals surface area contributed by atoms with Crippen LogP contribution in [0.1, 0.15) is 19.8 Å². The lowest BCUT2D eigenvalue weighted by molar-refractivity contribution is -0.138. The Morgan fingerprint density at radius 1 is 1.75 bits per heavy atom. The second-order valence-electron chi connectivity index (χ2n) is 3.31. The highest BCUT2D eigenvalue weighted by molar-refractivity contribution is 5.69. The molecule has 70 valence electrons. The summed E-state index contributed by atoms with van der Waals surface area (Å²) in [6, 6.07) is 0.0427. The molecule has 0 amide bonds. The molecule has 0 aliphatic carbocycles. The Morgan fingerprint density at radius 2 is 2.42 bits per heavy atom. The predicted molar refractivity (Wildman–Crippen MR) is 43.9 cm³/mol. The highest BCUT2D eigenvalue weighted by Gasteiger charge is 2.29. The van der Waals surface area contributed by atoms with Gasteiger partial charge in [0, 0.05) is 6.04 Å². The highest BCUT2D eigenvalue weighted by atomic mass is 16.4. The summed E-state index contributed by atoms with van der Waals surface area (Å²) in [5.74, 6) is -0.817. The number of carboxylic acids is 1. The summed E-state index contributed by atoms with van der Waals surface area (Å²) < 4.78 is 0. The standard InChI is InChI=1S/C8H15NO3/c1-6(10)7-3-2-4-9(7)5-8(11)12/h6-7,10H,2-5H2,1H3,(H,11,12)/t6-,7+/m1/s1. The number of aliphatic carboxylic acids is 1. The van der Waals surface area contributed by atoms with Crippen LogP contribution in [-0.4, -0.2) is 46.3 Å². The summed E-state index contributed by atoms with van der Waals surface area (Å²) in [5.41, 5.74) is 0. The van der Waals surface area contributed by atoms with Gasteiger partial charge in [-0.2, -0.15) is 0 Å². The van der Waals surface area contributed by atoms with Gasteiger partial charge in [-0.1, -0.05) is 0 Å². The number of aliphatic hydroxyl groups excluding tert-OH is 1. The predicted octanol–water partition coefficient (Wildman–Crippen LogP) is -0.0838. The largest absolute Gasteiger partial charge is 0.480 e. The van der Waals surface area contributed by atoms with Gasteiger partial charge in [0.15, 0.2) is 0 Å². The molecule has 1 aliphatic heterocycles. The normalized spacial score (nSPS) is 27.3. The molecule has 2 atom stereocenters. The van der Waals surface area contributed by atoms with Gasteiger partial charge in [0.25, 0.3) is 0 Å². The number of carboxylic acid groups (broad SMARTS) is 1. The van der Waals surface area contributed by atoms with Gasteiger partial charge < -0.3 is 10.2 Å². The fourth-order valence-corrected chi connectivity index (χ4v) is 1.77. The van der Waals surface area contributed by atoms with Gasteiger partial charge in [0.05, 0.1) is 12.6 Å². The van der Waals surface area contributed by atoms with Gasteiger partial charge >= 0.3 is 5.97 Å². The van der Waals surface area contributed by atoms with E-state index >= 15 is 0 Å². The minimum atomic E-state index is -0.817. The fourth-order valence-electron chi connectivity index (χ4n) is 1.77. The second kappa shape index (κ2) is 3.87. The molecule has 1 fully saturated rings. The van der Waals surface area contributed by atoms with Crippen LogP contribution in [0.4, 0.5) is 0 Å². The monoisotopic (exact) mass is 173 g/mol. The van der Waals surface area contributed by atoms with Crippen LogP contribution in [0.15, 0.2) is 0 Å². The van der Waals surface area contributed by atoms with E-state index in [1.165, 1.54) is 0 Å². The van der Waals surface area contributed by atoms with Crippen molar-refractivity contribution in [2.45, 2.75) is 31.9 Å². The van der Waals surface area contributed by atoms with Crippen LogP contribution in [0.2, 0.25) is 0 Å². The Kier molecular flexibility index (Phi) is 3.05. The maximum Gasteiger partial charge on any atom is 0.317 e. The Morgan fingerprint density at radius 3 is 2.92 bits per heavy atom. The van der Waals surface area contributed by atoms with Gasteiger partial charge in [-0.25, -0.2) is 0 Å². The summed E-state index contributed by atoms with van der Waals surface area (Å²) in [5, 5.41) is 17.9. The van der Waals surface area contributed by atoms with Gasteiger partial charge in [0.1, 0.15) is 0 Å². The number of hydrogen-bond acceptors (Lipinski definition) is 3. The van der Waals surface area contributed by atoms with Crippen molar-refractivity contribution < 1.29 is 15.0 Å². The Balaban J connectivity index is 2.46. The van der Waals surface area contributed by atoms with Crippen molar-refractivity contribution in [3.63, 3.8) is 0 Å². The number of hydrogen-bond donors (Lipinski definition) is 2. The van der Waals surface area contributed by atoms with E-state index < -0.39 is 12.1 Å². The third kappa shape index (κ3) is 2.19. The average molecular weight is 173 g/mol. The van der Waals surface area contributed by atoms with E-state index in [1.54, 1.807) is 6.92 Å². The maximum absolute atomic E-state index is 10.4. The lowest BCUT2D eigenvalue weighted by Crippen LogP contribution is -2.40. The molecule has 1 aliphatic rings. The molecule has 1 saturated heterocycles. The molecule has 1 heterocycles. The first kappa shape index (κ1) is 9.48. The molecule has 2 N–H and O–H groups in total. The molecule has 12 heavy (non-hydrogen) atoms. The molecule has 4 heteroatoms. The van der Waals surface area contributed by atoms with Crippen LogP contribution >= 0.6 is 0 Å². The maximum atomic E-state index is 10.4. The zero-order chi connectivity index (χ0) is 9.14. The molecule has 0 bridgehead atoms. The van der Waals surface area contributed by atoms with Crippen molar-refractivity contribution in [1.29, 1.82) is 0 Å². The third-order valence-corrected chi connectivity index (χ3v) is 2.31. The van der Waals surface area contributed by atoms with E-state index in [-0.39, 0.29) is 12.6 Å². The number of carbonyl (C=O) groups is 1. The summed E-state index contributed by atoms with van der Waals surface area (Å²) in [4.78, 5) is 12.2. The molecule has 0 aromatic heterocycles. The topological polar surface area (TPSA) is 60.8 Å². The molecule has 0 aromatic rings. The van der Waals surface area contributed by atoms with Crippen molar-refractivity contribution in [2.75, 3.05) is 13.1 Å². The molecule has 4 nitrogen and oxygen atoms in total. The van der Waals surface area contributed by atoms with Gasteiger partial charge in [-0.3, -0.25) is 9.69 Å². The average Bonchev–Trinajstić information content (AvgIpc) is 2.33.